The maximum atomic E-state index is 12.9. The minimum absolute atomic E-state index is 0.00618. The van der Waals surface area contributed by atoms with E-state index in [1.165, 1.54) is 0 Å². The SMILES string of the molecule is CNC(=O)C1(C(=O)N2CCC[C@@H](n3cc(C)cn3)C2)CCC1. The molecular weight excluding hydrogens is 280 g/mol. The molecule has 22 heavy (non-hydrogen) atoms. The highest BCUT2D eigenvalue weighted by molar-refractivity contribution is 6.05. The van der Waals surface area contributed by atoms with Gasteiger partial charge in [-0.1, -0.05) is 6.42 Å². The molecular formula is C16H24N4O2. The fraction of sp³-hybridized carbons (Fsp3) is 0.688. The van der Waals surface area contributed by atoms with Crippen molar-refractivity contribution in [2.75, 3.05) is 20.1 Å². The summed E-state index contributed by atoms with van der Waals surface area (Å²) in [5, 5.41) is 7.05. The number of carbonyl (C=O) groups is 2. The van der Waals surface area contributed by atoms with Gasteiger partial charge in [-0.2, -0.15) is 5.10 Å². The maximum absolute atomic E-state index is 12.9. The molecule has 1 saturated heterocycles. The molecule has 0 spiro atoms. The highest BCUT2D eigenvalue weighted by atomic mass is 16.2. The summed E-state index contributed by atoms with van der Waals surface area (Å²) in [6.07, 6.45) is 8.15. The Kier molecular flexibility index (Phi) is 3.93. The molecule has 1 saturated carbocycles. The molecule has 2 amide bonds. The molecule has 1 aliphatic carbocycles. The number of carbonyl (C=O) groups excluding carboxylic acids is 2. The van der Waals surface area contributed by atoms with Crippen molar-refractivity contribution in [2.24, 2.45) is 5.41 Å². The van der Waals surface area contributed by atoms with Crippen molar-refractivity contribution in [1.82, 2.24) is 20.0 Å². The van der Waals surface area contributed by atoms with Gasteiger partial charge in [-0.25, -0.2) is 0 Å². The van der Waals surface area contributed by atoms with Gasteiger partial charge in [-0.15, -0.1) is 0 Å². The van der Waals surface area contributed by atoms with Gasteiger partial charge in [0.2, 0.25) is 11.8 Å². The number of hydrogen-bond donors (Lipinski definition) is 1. The number of amides is 2. The molecule has 2 fully saturated rings. The number of likely N-dealkylation sites (tertiary alicyclic amines) is 1. The van der Waals surface area contributed by atoms with E-state index in [1.54, 1.807) is 7.05 Å². The molecule has 2 heterocycles. The molecule has 2 aliphatic rings. The number of piperidine rings is 1. The lowest BCUT2D eigenvalue weighted by Crippen LogP contribution is -2.57. The van der Waals surface area contributed by atoms with Crippen LogP contribution in [-0.4, -0.2) is 46.6 Å². The molecule has 3 rings (SSSR count). The van der Waals surface area contributed by atoms with Crippen LogP contribution in [0, 0.1) is 12.3 Å². The number of aromatic nitrogens is 2. The highest BCUT2D eigenvalue weighted by Gasteiger charge is 2.52. The second kappa shape index (κ2) is 5.74. The van der Waals surface area contributed by atoms with Gasteiger partial charge >= 0.3 is 0 Å². The Balaban J connectivity index is 1.74. The lowest BCUT2D eigenvalue weighted by molar-refractivity contribution is -0.158. The Labute approximate surface area is 130 Å². The van der Waals surface area contributed by atoms with Crippen molar-refractivity contribution in [3.63, 3.8) is 0 Å². The Morgan fingerprint density at radius 2 is 2.14 bits per heavy atom. The van der Waals surface area contributed by atoms with Crippen LogP contribution in [0.2, 0.25) is 0 Å². The van der Waals surface area contributed by atoms with Crippen LogP contribution < -0.4 is 5.32 Å². The average molecular weight is 304 g/mol. The molecule has 1 aromatic heterocycles. The Hall–Kier alpha value is -1.85. The van der Waals surface area contributed by atoms with Crippen molar-refractivity contribution in [1.29, 1.82) is 0 Å². The lowest BCUT2D eigenvalue weighted by Gasteiger charge is -2.44. The molecule has 0 bridgehead atoms. The second-order valence-electron chi connectivity index (χ2n) is 6.56. The smallest absolute Gasteiger partial charge is 0.238 e. The lowest BCUT2D eigenvalue weighted by atomic mass is 9.66. The molecule has 1 aliphatic heterocycles. The zero-order chi connectivity index (χ0) is 15.7. The second-order valence-corrected chi connectivity index (χ2v) is 6.56. The van der Waals surface area contributed by atoms with Crippen LogP contribution in [0.5, 0.6) is 0 Å². The first-order valence-electron chi connectivity index (χ1n) is 8.09. The molecule has 1 N–H and O–H groups in total. The van der Waals surface area contributed by atoms with E-state index < -0.39 is 5.41 Å². The van der Waals surface area contributed by atoms with Crippen LogP contribution in [-0.2, 0) is 9.59 Å². The summed E-state index contributed by atoms with van der Waals surface area (Å²) in [5.41, 5.74) is 0.320. The fourth-order valence-corrected chi connectivity index (χ4v) is 3.60. The van der Waals surface area contributed by atoms with E-state index in [-0.39, 0.29) is 17.9 Å². The predicted molar refractivity (Wildman–Crippen MR) is 82.2 cm³/mol. The third kappa shape index (κ3) is 2.40. The first kappa shape index (κ1) is 15.1. The summed E-state index contributed by atoms with van der Waals surface area (Å²) in [7, 11) is 1.61. The Bertz CT molecular complexity index is 576. The standard InChI is InChI=1S/C16H24N4O2/c1-12-9-18-20(10-12)13-5-3-8-19(11-13)15(22)16(6-4-7-16)14(21)17-2/h9-10,13H,3-8,11H2,1-2H3,(H,17,21)/t13-/m1/s1. The van der Waals surface area contributed by atoms with E-state index >= 15 is 0 Å². The van der Waals surface area contributed by atoms with E-state index in [2.05, 4.69) is 10.4 Å². The summed E-state index contributed by atoms with van der Waals surface area (Å²) in [4.78, 5) is 27.0. The van der Waals surface area contributed by atoms with Gasteiger partial charge < -0.3 is 10.2 Å². The zero-order valence-electron chi connectivity index (χ0n) is 13.3. The number of nitrogens with one attached hydrogen (secondary N) is 1. The van der Waals surface area contributed by atoms with Gasteiger partial charge in [0.05, 0.1) is 12.2 Å². The average Bonchev–Trinajstić information content (AvgIpc) is 2.92. The van der Waals surface area contributed by atoms with Crippen LogP contribution in [0.25, 0.3) is 0 Å². The van der Waals surface area contributed by atoms with Crippen molar-refractivity contribution < 1.29 is 9.59 Å². The monoisotopic (exact) mass is 304 g/mol. The first-order valence-corrected chi connectivity index (χ1v) is 8.09. The molecule has 1 atom stereocenters. The van der Waals surface area contributed by atoms with Crippen molar-refractivity contribution in [3.05, 3.63) is 18.0 Å². The summed E-state index contributed by atoms with van der Waals surface area (Å²) >= 11 is 0. The zero-order valence-corrected chi connectivity index (χ0v) is 13.3. The van der Waals surface area contributed by atoms with Gasteiger partial charge in [-0.3, -0.25) is 14.3 Å². The molecule has 6 heteroatoms. The van der Waals surface area contributed by atoms with Gasteiger partial charge in [0.15, 0.2) is 0 Å². The minimum Gasteiger partial charge on any atom is -0.358 e. The Morgan fingerprint density at radius 1 is 1.36 bits per heavy atom. The van der Waals surface area contributed by atoms with Crippen LogP contribution in [0.4, 0.5) is 0 Å². The topological polar surface area (TPSA) is 67.2 Å². The first-order chi connectivity index (χ1) is 10.6. The maximum Gasteiger partial charge on any atom is 0.238 e. The molecule has 0 radical (unpaired) electrons. The van der Waals surface area contributed by atoms with Gasteiger partial charge in [0.1, 0.15) is 5.41 Å². The third-order valence-electron chi connectivity index (χ3n) is 5.07. The molecule has 1 aromatic rings. The van der Waals surface area contributed by atoms with E-state index in [0.717, 1.165) is 31.4 Å². The summed E-state index contributed by atoms with van der Waals surface area (Å²) in [6, 6.07) is 0.216. The normalized spacial score (nSPS) is 23.7. The van der Waals surface area contributed by atoms with Gasteiger partial charge in [0, 0.05) is 26.3 Å². The van der Waals surface area contributed by atoms with Crippen LogP contribution in [0.1, 0.15) is 43.7 Å². The predicted octanol–water partition coefficient (Wildman–Crippen LogP) is 1.27. The Morgan fingerprint density at radius 3 is 2.68 bits per heavy atom. The molecule has 0 aromatic carbocycles. The summed E-state index contributed by atoms with van der Waals surface area (Å²) in [5.74, 6) is -0.118. The van der Waals surface area contributed by atoms with Crippen LogP contribution in [0.15, 0.2) is 12.4 Å². The van der Waals surface area contributed by atoms with Crippen LogP contribution >= 0.6 is 0 Å². The van der Waals surface area contributed by atoms with Crippen molar-refractivity contribution in [3.8, 4) is 0 Å². The van der Waals surface area contributed by atoms with Crippen LogP contribution in [0.3, 0.4) is 0 Å². The fourth-order valence-electron chi connectivity index (χ4n) is 3.60. The van der Waals surface area contributed by atoms with E-state index in [4.69, 9.17) is 0 Å². The molecule has 0 unspecified atom stereocenters. The number of hydrogen-bond acceptors (Lipinski definition) is 3. The minimum atomic E-state index is -0.809. The number of nitrogens with zero attached hydrogens (tertiary/aromatic N) is 3. The number of aryl methyl sites for hydroxylation is 1. The van der Waals surface area contributed by atoms with E-state index in [9.17, 15) is 9.59 Å². The van der Waals surface area contributed by atoms with Gasteiger partial charge in [-0.05, 0) is 38.2 Å². The quantitative estimate of drug-likeness (QED) is 0.855. The molecule has 120 valence electrons. The highest BCUT2D eigenvalue weighted by Crippen LogP contribution is 2.43. The van der Waals surface area contributed by atoms with Crippen molar-refractivity contribution in [2.45, 2.75) is 45.1 Å². The third-order valence-corrected chi connectivity index (χ3v) is 5.07. The molecule has 6 nitrogen and oxygen atoms in total. The van der Waals surface area contributed by atoms with E-state index in [1.807, 2.05) is 28.9 Å². The number of rotatable bonds is 3. The van der Waals surface area contributed by atoms with Gasteiger partial charge in [0.25, 0.3) is 0 Å². The van der Waals surface area contributed by atoms with E-state index in [0.29, 0.717) is 19.4 Å². The summed E-state index contributed by atoms with van der Waals surface area (Å²) < 4.78 is 1.96. The van der Waals surface area contributed by atoms with Crippen molar-refractivity contribution >= 4 is 11.8 Å². The summed E-state index contributed by atoms with van der Waals surface area (Å²) in [6.45, 7) is 3.41. The largest absolute Gasteiger partial charge is 0.358 e.